The summed E-state index contributed by atoms with van der Waals surface area (Å²) < 4.78 is 8.93. The molecule has 0 fully saturated rings. The van der Waals surface area contributed by atoms with Gasteiger partial charge in [-0.15, -0.1) is 11.3 Å². The van der Waals surface area contributed by atoms with E-state index in [4.69, 9.17) is 4.42 Å². The number of hydrogen-bond acceptors (Lipinski definition) is 3. The van der Waals surface area contributed by atoms with Gasteiger partial charge in [0, 0.05) is 53.4 Å². The molecule has 0 saturated heterocycles. The minimum absolute atomic E-state index is 0.107. The molecule has 12 aromatic rings. The number of fused-ring (bicyclic) bond motifs is 9. The molecule has 13 rings (SSSR count). The monoisotopic (exact) mass is 861 g/mol. The molecule has 0 bridgehead atoms. The van der Waals surface area contributed by atoms with E-state index in [0.29, 0.717) is 0 Å². The number of anilines is 3. The second-order valence-corrected chi connectivity index (χ2v) is 19.1. The van der Waals surface area contributed by atoms with Crippen LogP contribution in [0, 0.1) is 0 Å². The standard InChI is InChI=1S/C63H43NOS/c1-63(2)56-36-30-44(38-55(56)51-35-29-45(39-57(51)63)40-13-4-3-5-14-40)43-15-10-16-48(37-43)64(46-31-25-41(26-32-46)49-19-12-23-59-61(49)54-18-6-8-22-58(54)65-59)47-33-27-42(28-34-47)50-20-11-21-53-52-17-7-9-24-60(52)66-62(50)53/h3-39H,1-2H3. The number of nitrogens with zero attached hydrogens (tertiary/aromatic N) is 1. The van der Waals surface area contributed by atoms with Crippen LogP contribution in [0.3, 0.4) is 0 Å². The fourth-order valence-corrected chi connectivity index (χ4v) is 11.8. The minimum atomic E-state index is -0.107. The highest BCUT2D eigenvalue weighted by molar-refractivity contribution is 7.26. The maximum Gasteiger partial charge on any atom is 0.136 e. The molecule has 3 heteroatoms. The molecule has 2 heterocycles. The average molecular weight is 862 g/mol. The van der Waals surface area contributed by atoms with Crippen LogP contribution in [0.2, 0.25) is 0 Å². The van der Waals surface area contributed by atoms with Gasteiger partial charge >= 0.3 is 0 Å². The van der Waals surface area contributed by atoms with Crippen molar-refractivity contribution in [2.75, 3.05) is 4.90 Å². The fourth-order valence-electron chi connectivity index (χ4n) is 10.6. The lowest BCUT2D eigenvalue weighted by Gasteiger charge is -2.26. The van der Waals surface area contributed by atoms with E-state index in [1.165, 1.54) is 75.8 Å². The van der Waals surface area contributed by atoms with Gasteiger partial charge in [0.2, 0.25) is 0 Å². The SMILES string of the molecule is CC1(C)c2ccc(-c3cccc(N(c4ccc(-c5cccc6c5sc5ccccc56)cc4)c4ccc(-c5cccc6oc7ccccc7c56)cc4)c3)cc2-c2ccc(-c3ccccc3)cc21. The van der Waals surface area contributed by atoms with Crippen LogP contribution in [0.4, 0.5) is 17.1 Å². The van der Waals surface area contributed by atoms with E-state index in [-0.39, 0.29) is 5.41 Å². The zero-order chi connectivity index (χ0) is 43.9. The van der Waals surface area contributed by atoms with Crippen molar-refractivity contribution in [3.05, 3.63) is 236 Å². The van der Waals surface area contributed by atoms with Gasteiger partial charge in [0.1, 0.15) is 11.2 Å². The van der Waals surface area contributed by atoms with Crippen molar-refractivity contribution >= 4 is 70.5 Å². The molecule has 0 radical (unpaired) electrons. The Labute approximate surface area is 388 Å². The molecule has 0 spiro atoms. The van der Waals surface area contributed by atoms with Gasteiger partial charge < -0.3 is 9.32 Å². The molecule has 66 heavy (non-hydrogen) atoms. The molecule has 0 unspecified atom stereocenters. The van der Waals surface area contributed by atoms with Gasteiger partial charge in [-0.25, -0.2) is 0 Å². The maximum absolute atomic E-state index is 6.29. The van der Waals surface area contributed by atoms with Crippen molar-refractivity contribution in [2.45, 2.75) is 19.3 Å². The highest BCUT2D eigenvalue weighted by atomic mass is 32.1. The largest absolute Gasteiger partial charge is 0.456 e. The van der Waals surface area contributed by atoms with Gasteiger partial charge in [-0.2, -0.15) is 0 Å². The minimum Gasteiger partial charge on any atom is -0.456 e. The fraction of sp³-hybridized carbons (Fsp3) is 0.0476. The molecule has 1 aliphatic rings. The lowest BCUT2D eigenvalue weighted by atomic mass is 9.81. The van der Waals surface area contributed by atoms with Crippen molar-refractivity contribution in [1.29, 1.82) is 0 Å². The normalized spacial score (nSPS) is 12.8. The molecule has 2 aromatic heterocycles. The van der Waals surface area contributed by atoms with E-state index >= 15 is 0 Å². The molecule has 0 N–H and O–H groups in total. The molecule has 0 saturated carbocycles. The molecule has 312 valence electrons. The molecule has 2 nitrogen and oxygen atoms in total. The second-order valence-electron chi connectivity index (χ2n) is 18.0. The third-order valence-electron chi connectivity index (χ3n) is 13.9. The Hall–Kier alpha value is -7.98. The number of para-hydroxylation sites is 1. The maximum atomic E-state index is 6.29. The lowest BCUT2D eigenvalue weighted by Crippen LogP contribution is -2.15. The Morgan fingerprint density at radius 2 is 0.955 bits per heavy atom. The van der Waals surface area contributed by atoms with Gasteiger partial charge in [-0.3, -0.25) is 0 Å². The molecule has 1 aliphatic carbocycles. The zero-order valence-electron chi connectivity index (χ0n) is 36.6. The summed E-state index contributed by atoms with van der Waals surface area (Å²) in [5.41, 5.74) is 20.0. The van der Waals surface area contributed by atoms with Crippen molar-refractivity contribution in [1.82, 2.24) is 0 Å². The van der Waals surface area contributed by atoms with Crippen LogP contribution in [-0.4, -0.2) is 0 Å². The predicted molar refractivity (Wildman–Crippen MR) is 281 cm³/mol. The van der Waals surface area contributed by atoms with E-state index in [1.54, 1.807) is 0 Å². The molecule has 10 aromatic carbocycles. The highest BCUT2D eigenvalue weighted by Crippen LogP contribution is 2.51. The van der Waals surface area contributed by atoms with Gasteiger partial charge in [-0.05, 0) is 133 Å². The van der Waals surface area contributed by atoms with Crippen LogP contribution in [0.5, 0.6) is 0 Å². The van der Waals surface area contributed by atoms with Crippen LogP contribution in [0.1, 0.15) is 25.0 Å². The summed E-state index contributed by atoms with van der Waals surface area (Å²) in [6, 6.07) is 82.1. The van der Waals surface area contributed by atoms with E-state index in [0.717, 1.165) is 50.1 Å². The van der Waals surface area contributed by atoms with E-state index in [2.05, 4.69) is 231 Å². The Balaban J connectivity index is 0.911. The average Bonchev–Trinajstić information content (AvgIpc) is 4.02. The Morgan fingerprint density at radius 1 is 0.364 bits per heavy atom. The van der Waals surface area contributed by atoms with Gasteiger partial charge in [-0.1, -0.05) is 172 Å². The van der Waals surface area contributed by atoms with Crippen molar-refractivity contribution in [3.63, 3.8) is 0 Å². The van der Waals surface area contributed by atoms with Crippen molar-refractivity contribution < 1.29 is 4.42 Å². The summed E-state index contributed by atoms with van der Waals surface area (Å²) in [4.78, 5) is 2.39. The van der Waals surface area contributed by atoms with Gasteiger partial charge in [0.25, 0.3) is 0 Å². The van der Waals surface area contributed by atoms with E-state index < -0.39 is 0 Å². The summed E-state index contributed by atoms with van der Waals surface area (Å²) in [6.45, 7) is 4.73. The second kappa shape index (κ2) is 15.1. The predicted octanol–water partition coefficient (Wildman–Crippen LogP) is 18.4. The molecule has 0 amide bonds. The molecular weight excluding hydrogens is 819 g/mol. The molecule has 0 aliphatic heterocycles. The lowest BCUT2D eigenvalue weighted by molar-refractivity contribution is 0.660. The summed E-state index contributed by atoms with van der Waals surface area (Å²) in [5, 5.41) is 4.90. The first-order valence-electron chi connectivity index (χ1n) is 22.7. The smallest absolute Gasteiger partial charge is 0.136 e. The van der Waals surface area contributed by atoms with Crippen LogP contribution >= 0.6 is 11.3 Å². The van der Waals surface area contributed by atoms with Crippen molar-refractivity contribution in [2.24, 2.45) is 0 Å². The molecular formula is C63H43NOS. The summed E-state index contributed by atoms with van der Waals surface area (Å²) >= 11 is 1.87. The first-order chi connectivity index (χ1) is 32.5. The Bertz CT molecular complexity index is 3840. The summed E-state index contributed by atoms with van der Waals surface area (Å²) in [7, 11) is 0. The topological polar surface area (TPSA) is 16.4 Å². The molecule has 0 atom stereocenters. The zero-order valence-corrected chi connectivity index (χ0v) is 37.4. The number of rotatable bonds is 7. The quantitative estimate of drug-likeness (QED) is 0.159. The van der Waals surface area contributed by atoms with Crippen LogP contribution in [0.25, 0.3) is 97.7 Å². The first kappa shape index (κ1) is 38.5. The van der Waals surface area contributed by atoms with Crippen LogP contribution < -0.4 is 4.90 Å². The number of benzene rings is 10. The third kappa shape index (κ3) is 6.15. The van der Waals surface area contributed by atoms with Gasteiger partial charge in [0.15, 0.2) is 0 Å². The third-order valence-corrected chi connectivity index (χ3v) is 15.1. The van der Waals surface area contributed by atoms with E-state index in [1.807, 2.05) is 23.5 Å². The van der Waals surface area contributed by atoms with Crippen LogP contribution in [-0.2, 0) is 5.41 Å². The first-order valence-corrected chi connectivity index (χ1v) is 23.5. The number of hydrogen-bond donors (Lipinski definition) is 0. The number of furan rings is 1. The highest BCUT2D eigenvalue weighted by Gasteiger charge is 2.36. The van der Waals surface area contributed by atoms with Crippen molar-refractivity contribution in [3.8, 4) is 55.6 Å². The Morgan fingerprint density at radius 3 is 1.77 bits per heavy atom. The van der Waals surface area contributed by atoms with Gasteiger partial charge in [0.05, 0.1) is 0 Å². The Kier molecular flexibility index (Phi) is 8.78. The van der Waals surface area contributed by atoms with Crippen LogP contribution in [0.15, 0.2) is 229 Å². The van der Waals surface area contributed by atoms with E-state index in [9.17, 15) is 0 Å². The summed E-state index contributed by atoms with van der Waals surface area (Å²) in [5.74, 6) is 0. The summed E-state index contributed by atoms with van der Waals surface area (Å²) in [6.07, 6.45) is 0. The number of thiophene rings is 1.